The first-order valence-electron chi connectivity index (χ1n) is 13.6. The highest BCUT2D eigenvalue weighted by Gasteiger charge is 2.44. The molecule has 0 aromatic rings. The minimum absolute atomic E-state index is 0.118. The summed E-state index contributed by atoms with van der Waals surface area (Å²) in [4.78, 5) is 11.8. The lowest BCUT2D eigenvalue weighted by Gasteiger charge is -2.39. The van der Waals surface area contributed by atoms with Crippen LogP contribution in [0.1, 0.15) is 97.3 Å². The van der Waals surface area contributed by atoms with Crippen molar-refractivity contribution in [2.75, 3.05) is 26.4 Å². The summed E-state index contributed by atoms with van der Waals surface area (Å²) in [5.74, 6) is -0.402. The zero-order chi connectivity index (χ0) is 25.9. The van der Waals surface area contributed by atoms with Crippen LogP contribution in [0.15, 0.2) is 0 Å². The van der Waals surface area contributed by atoms with Gasteiger partial charge in [0, 0.05) is 13.0 Å². The summed E-state index contributed by atoms with van der Waals surface area (Å²) >= 11 is 0. The third-order valence-corrected chi connectivity index (χ3v) is 6.33. The Hall–Kier alpha value is -0.810. The Morgan fingerprint density at radius 1 is 0.800 bits per heavy atom. The molecule has 0 radical (unpaired) electrons. The van der Waals surface area contributed by atoms with Crippen molar-refractivity contribution in [3.05, 3.63) is 0 Å². The Bertz CT molecular complexity index is 517. The van der Waals surface area contributed by atoms with Crippen LogP contribution in [0, 0.1) is 0 Å². The first-order valence-corrected chi connectivity index (χ1v) is 13.6. The predicted octanol–water partition coefficient (Wildman–Crippen LogP) is 2.84. The van der Waals surface area contributed by atoms with E-state index in [2.05, 4.69) is 6.92 Å². The molecule has 1 aliphatic rings. The number of aliphatic hydroxyl groups is 4. The lowest BCUT2D eigenvalue weighted by atomic mass is 9.99. The smallest absolute Gasteiger partial charge is 0.305 e. The van der Waals surface area contributed by atoms with Gasteiger partial charge in [-0.1, -0.05) is 84.5 Å². The van der Waals surface area contributed by atoms with Crippen LogP contribution in [0.3, 0.4) is 0 Å². The second-order valence-electron chi connectivity index (χ2n) is 9.46. The molecule has 0 aliphatic carbocycles. The van der Waals surface area contributed by atoms with Crippen molar-refractivity contribution < 1.29 is 44.2 Å². The molecule has 0 spiro atoms. The number of rotatable bonds is 21. The van der Waals surface area contributed by atoms with Crippen molar-refractivity contribution >= 4 is 5.97 Å². The molecule has 208 valence electrons. The zero-order valence-corrected chi connectivity index (χ0v) is 21.8. The van der Waals surface area contributed by atoms with Crippen LogP contribution < -0.4 is 0 Å². The molecule has 0 amide bonds. The highest BCUT2D eigenvalue weighted by Crippen LogP contribution is 2.22. The van der Waals surface area contributed by atoms with E-state index in [1.165, 1.54) is 64.2 Å². The third kappa shape index (κ3) is 13.9. The fourth-order valence-electron chi connectivity index (χ4n) is 4.05. The Balaban J connectivity index is 2.20. The summed E-state index contributed by atoms with van der Waals surface area (Å²) in [5.41, 5.74) is 0. The SMILES string of the molecule is CCCCCCCCCCCCCCOCC(COC1OC(CO)C(O)C(O)C1O)OC(=O)CC. The average molecular weight is 507 g/mol. The first kappa shape index (κ1) is 32.2. The van der Waals surface area contributed by atoms with Gasteiger partial charge >= 0.3 is 5.97 Å². The summed E-state index contributed by atoms with van der Waals surface area (Å²) in [6.07, 6.45) is 7.85. The fourth-order valence-corrected chi connectivity index (χ4v) is 4.05. The topological polar surface area (TPSA) is 135 Å². The number of carbonyl (C=O) groups excluding carboxylic acids is 1. The Morgan fingerprint density at radius 2 is 1.37 bits per heavy atom. The zero-order valence-electron chi connectivity index (χ0n) is 21.8. The molecule has 0 aromatic carbocycles. The van der Waals surface area contributed by atoms with Gasteiger partial charge in [0.15, 0.2) is 6.29 Å². The lowest BCUT2D eigenvalue weighted by Crippen LogP contribution is -2.59. The van der Waals surface area contributed by atoms with Gasteiger partial charge in [0.25, 0.3) is 0 Å². The van der Waals surface area contributed by atoms with E-state index >= 15 is 0 Å². The standard InChI is InChI=1S/C26H50O9/c1-3-5-6-7-8-9-10-11-12-13-14-15-16-32-18-20(34-22(28)4-2)19-33-26-25(31)24(30)23(29)21(17-27)35-26/h20-21,23-27,29-31H,3-19H2,1-2H3. The number of hydrogen-bond donors (Lipinski definition) is 4. The van der Waals surface area contributed by atoms with Crippen molar-refractivity contribution in [2.45, 2.75) is 134 Å². The summed E-state index contributed by atoms with van der Waals surface area (Å²) in [6.45, 7) is 3.96. The summed E-state index contributed by atoms with van der Waals surface area (Å²) in [5, 5.41) is 39.1. The first-order chi connectivity index (χ1) is 16.9. The molecule has 1 rings (SSSR count). The minimum atomic E-state index is -1.52. The number of unbranched alkanes of at least 4 members (excludes halogenated alkanes) is 11. The molecule has 9 nitrogen and oxygen atoms in total. The number of carbonyl (C=O) groups is 1. The summed E-state index contributed by atoms with van der Waals surface area (Å²) < 4.78 is 21.9. The van der Waals surface area contributed by atoms with E-state index in [0.717, 1.165) is 12.8 Å². The highest BCUT2D eigenvalue weighted by molar-refractivity contribution is 5.69. The van der Waals surface area contributed by atoms with E-state index in [9.17, 15) is 25.2 Å². The molecule has 0 bridgehead atoms. The Labute approximate surface area is 211 Å². The number of esters is 1. The van der Waals surface area contributed by atoms with Gasteiger partial charge in [-0.3, -0.25) is 4.79 Å². The van der Waals surface area contributed by atoms with Crippen LogP contribution in [0.4, 0.5) is 0 Å². The van der Waals surface area contributed by atoms with Gasteiger partial charge in [-0.05, 0) is 6.42 Å². The van der Waals surface area contributed by atoms with Gasteiger partial charge in [0.05, 0.1) is 19.8 Å². The monoisotopic (exact) mass is 506 g/mol. The number of ether oxygens (including phenoxy) is 4. The normalized spacial score (nSPS) is 25.5. The van der Waals surface area contributed by atoms with Gasteiger partial charge in [0.2, 0.25) is 0 Å². The van der Waals surface area contributed by atoms with Crippen molar-refractivity contribution in [2.24, 2.45) is 0 Å². The predicted molar refractivity (Wildman–Crippen MR) is 132 cm³/mol. The van der Waals surface area contributed by atoms with Crippen LogP contribution in [-0.4, -0.2) is 89.6 Å². The molecular formula is C26H50O9. The molecular weight excluding hydrogens is 456 g/mol. The van der Waals surface area contributed by atoms with Gasteiger partial charge in [-0.25, -0.2) is 0 Å². The number of hydrogen-bond acceptors (Lipinski definition) is 9. The second kappa shape index (κ2) is 20.3. The molecule has 1 aliphatic heterocycles. The molecule has 35 heavy (non-hydrogen) atoms. The molecule has 4 N–H and O–H groups in total. The van der Waals surface area contributed by atoms with Crippen LogP contribution in [0.25, 0.3) is 0 Å². The molecule has 1 heterocycles. The lowest BCUT2D eigenvalue weighted by molar-refractivity contribution is -0.305. The van der Waals surface area contributed by atoms with Crippen LogP contribution >= 0.6 is 0 Å². The van der Waals surface area contributed by atoms with Gasteiger partial charge in [-0.15, -0.1) is 0 Å². The molecule has 0 aromatic heterocycles. The molecule has 6 unspecified atom stereocenters. The molecule has 0 saturated carbocycles. The third-order valence-electron chi connectivity index (χ3n) is 6.33. The maximum atomic E-state index is 11.8. The molecule has 1 saturated heterocycles. The van der Waals surface area contributed by atoms with E-state index in [-0.39, 0.29) is 19.6 Å². The van der Waals surface area contributed by atoms with E-state index < -0.39 is 49.4 Å². The Morgan fingerprint density at radius 3 is 1.91 bits per heavy atom. The van der Waals surface area contributed by atoms with Crippen LogP contribution in [-0.2, 0) is 23.7 Å². The second-order valence-corrected chi connectivity index (χ2v) is 9.46. The van der Waals surface area contributed by atoms with Crippen molar-refractivity contribution in [1.29, 1.82) is 0 Å². The molecule has 9 heteroatoms. The highest BCUT2D eigenvalue weighted by atomic mass is 16.7. The van der Waals surface area contributed by atoms with Crippen molar-refractivity contribution in [1.82, 2.24) is 0 Å². The fraction of sp³-hybridized carbons (Fsp3) is 0.962. The maximum Gasteiger partial charge on any atom is 0.305 e. The number of aliphatic hydroxyl groups excluding tert-OH is 4. The van der Waals surface area contributed by atoms with Crippen molar-refractivity contribution in [3.63, 3.8) is 0 Å². The van der Waals surface area contributed by atoms with Gasteiger partial charge < -0.3 is 39.4 Å². The van der Waals surface area contributed by atoms with E-state index in [0.29, 0.717) is 6.61 Å². The van der Waals surface area contributed by atoms with Gasteiger partial charge in [0.1, 0.15) is 30.5 Å². The minimum Gasteiger partial charge on any atom is -0.457 e. The molecule has 1 fully saturated rings. The largest absolute Gasteiger partial charge is 0.457 e. The van der Waals surface area contributed by atoms with E-state index in [1.807, 2.05) is 0 Å². The van der Waals surface area contributed by atoms with E-state index in [4.69, 9.17) is 18.9 Å². The van der Waals surface area contributed by atoms with Crippen LogP contribution in [0.5, 0.6) is 0 Å². The Kier molecular flexibility index (Phi) is 18.7. The van der Waals surface area contributed by atoms with Crippen molar-refractivity contribution in [3.8, 4) is 0 Å². The summed E-state index contributed by atoms with van der Waals surface area (Å²) in [6, 6.07) is 0. The quantitative estimate of drug-likeness (QED) is 0.137. The maximum absolute atomic E-state index is 11.8. The van der Waals surface area contributed by atoms with Gasteiger partial charge in [-0.2, -0.15) is 0 Å². The van der Waals surface area contributed by atoms with E-state index in [1.54, 1.807) is 6.92 Å². The average Bonchev–Trinajstić information content (AvgIpc) is 2.86. The molecule has 6 atom stereocenters. The summed E-state index contributed by atoms with van der Waals surface area (Å²) in [7, 11) is 0. The van der Waals surface area contributed by atoms with Crippen LogP contribution in [0.2, 0.25) is 0 Å².